The topological polar surface area (TPSA) is 105 Å². The fourth-order valence-corrected chi connectivity index (χ4v) is 3.95. The predicted octanol–water partition coefficient (Wildman–Crippen LogP) is 0.527. The Kier molecular flexibility index (Phi) is 5.35. The number of sulfone groups is 1. The molecule has 0 spiro atoms. The Morgan fingerprint density at radius 1 is 1.39 bits per heavy atom. The summed E-state index contributed by atoms with van der Waals surface area (Å²) >= 11 is 0. The lowest BCUT2D eigenvalue weighted by Gasteiger charge is -2.13. The van der Waals surface area contributed by atoms with E-state index in [1.54, 1.807) is 0 Å². The number of rotatable bonds is 5. The molecule has 1 aliphatic heterocycles. The van der Waals surface area contributed by atoms with Gasteiger partial charge in [-0.1, -0.05) is 6.92 Å². The van der Waals surface area contributed by atoms with E-state index in [-0.39, 0.29) is 29.1 Å². The molecular formula is C15H21N3O4S. The molecule has 0 aliphatic carbocycles. The van der Waals surface area contributed by atoms with Crippen molar-refractivity contribution < 1.29 is 18.0 Å². The fraction of sp³-hybridized carbons (Fsp3) is 0.533. The maximum atomic E-state index is 12.2. The van der Waals surface area contributed by atoms with Crippen LogP contribution < -0.4 is 10.6 Å². The molecule has 1 aromatic heterocycles. The number of aromatic nitrogens is 1. The van der Waals surface area contributed by atoms with E-state index >= 15 is 0 Å². The van der Waals surface area contributed by atoms with Crippen LogP contribution in [-0.2, 0) is 9.84 Å². The number of carbonyl (C=O) groups excluding carboxylic acids is 2. The van der Waals surface area contributed by atoms with E-state index in [1.165, 1.54) is 18.3 Å². The molecule has 23 heavy (non-hydrogen) atoms. The molecule has 0 radical (unpaired) electrons. The summed E-state index contributed by atoms with van der Waals surface area (Å²) in [5.41, 5.74) is 0.454. The van der Waals surface area contributed by atoms with Crippen LogP contribution in [0.25, 0.3) is 0 Å². The molecule has 0 saturated carbocycles. The Morgan fingerprint density at radius 2 is 2.13 bits per heavy atom. The minimum absolute atomic E-state index is 0.0386. The second kappa shape index (κ2) is 7.08. The van der Waals surface area contributed by atoms with E-state index in [4.69, 9.17) is 0 Å². The molecule has 1 aromatic rings. The second-order valence-corrected chi connectivity index (χ2v) is 8.01. The summed E-state index contributed by atoms with van der Waals surface area (Å²) in [6, 6.07) is 2.59. The van der Waals surface area contributed by atoms with Crippen LogP contribution in [0.4, 0.5) is 0 Å². The average Bonchev–Trinajstić information content (AvgIpc) is 2.85. The summed E-state index contributed by atoms with van der Waals surface area (Å²) in [5.74, 6) is -0.695. The lowest BCUT2D eigenvalue weighted by atomic mass is 10.1. The van der Waals surface area contributed by atoms with Crippen molar-refractivity contribution in [3.8, 4) is 0 Å². The highest BCUT2D eigenvalue weighted by Gasteiger charge is 2.29. The number of pyridine rings is 1. The maximum Gasteiger partial charge on any atom is 0.270 e. The zero-order chi connectivity index (χ0) is 17.0. The number of hydrogen-bond acceptors (Lipinski definition) is 5. The first-order valence-corrected chi connectivity index (χ1v) is 9.41. The zero-order valence-electron chi connectivity index (χ0n) is 13.2. The minimum atomic E-state index is -3.06. The normalized spacial score (nSPS) is 20.7. The highest BCUT2D eigenvalue weighted by molar-refractivity contribution is 7.91. The monoisotopic (exact) mass is 339 g/mol. The van der Waals surface area contributed by atoms with Crippen molar-refractivity contribution in [2.75, 3.05) is 11.5 Å². The molecule has 1 fully saturated rings. The number of amides is 2. The molecule has 0 aromatic carbocycles. The van der Waals surface area contributed by atoms with Gasteiger partial charge < -0.3 is 10.6 Å². The SMILES string of the molecule is CCC(C)NC(=O)c1ccnc(C(=O)NC2CCS(=O)(=O)C2)c1. The van der Waals surface area contributed by atoms with Gasteiger partial charge in [-0.15, -0.1) is 0 Å². The van der Waals surface area contributed by atoms with Gasteiger partial charge in [-0.3, -0.25) is 14.6 Å². The number of nitrogens with one attached hydrogen (secondary N) is 2. The Morgan fingerprint density at radius 3 is 2.74 bits per heavy atom. The van der Waals surface area contributed by atoms with Gasteiger partial charge in [0.25, 0.3) is 11.8 Å². The zero-order valence-corrected chi connectivity index (χ0v) is 14.0. The molecular weight excluding hydrogens is 318 g/mol. The Balaban J connectivity index is 2.04. The molecule has 1 aliphatic rings. The van der Waals surface area contributed by atoms with E-state index in [0.717, 1.165) is 6.42 Å². The van der Waals surface area contributed by atoms with Crippen molar-refractivity contribution in [3.63, 3.8) is 0 Å². The Hall–Kier alpha value is -1.96. The van der Waals surface area contributed by atoms with Gasteiger partial charge >= 0.3 is 0 Å². The highest BCUT2D eigenvalue weighted by Crippen LogP contribution is 2.12. The van der Waals surface area contributed by atoms with Crippen LogP contribution in [0.2, 0.25) is 0 Å². The summed E-state index contributed by atoms with van der Waals surface area (Å²) < 4.78 is 22.8. The molecule has 126 valence electrons. The van der Waals surface area contributed by atoms with Gasteiger partial charge in [0.2, 0.25) is 0 Å². The van der Waals surface area contributed by atoms with Crippen LogP contribution in [0.3, 0.4) is 0 Å². The van der Waals surface area contributed by atoms with E-state index in [2.05, 4.69) is 15.6 Å². The van der Waals surface area contributed by atoms with E-state index in [1.807, 2.05) is 13.8 Å². The third-order valence-electron chi connectivity index (χ3n) is 3.81. The van der Waals surface area contributed by atoms with Gasteiger partial charge in [-0.2, -0.15) is 0 Å². The molecule has 2 atom stereocenters. The molecule has 7 nitrogen and oxygen atoms in total. The molecule has 2 unspecified atom stereocenters. The summed E-state index contributed by atoms with van der Waals surface area (Å²) in [5, 5.41) is 5.47. The van der Waals surface area contributed by atoms with E-state index in [9.17, 15) is 18.0 Å². The minimum Gasteiger partial charge on any atom is -0.350 e. The standard InChI is InChI=1S/C15H21N3O4S/c1-3-10(2)17-14(19)11-4-6-16-13(8-11)15(20)18-12-5-7-23(21,22)9-12/h4,6,8,10,12H,3,5,7,9H2,1-2H3,(H,17,19)(H,18,20). The maximum absolute atomic E-state index is 12.2. The number of hydrogen-bond donors (Lipinski definition) is 2. The fourth-order valence-electron chi connectivity index (χ4n) is 2.27. The van der Waals surface area contributed by atoms with E-state index in [0.29, 0.717) is 12.0 Å². The first kappa shape index (κ1) is 17.4. The lowest BCUT2D eigenvalue weighted by molar-refractivity contribution is 0.0936. The molecule has 2 amide bonds. The third-order valence-corrected chi connectivity index (χ3v) is 5.58. The van der Waals surface area contributed by atoms with Gasteiger partial charge in [-0.05, 0) is 31.9 Å². The lowest BCUT2D eigenvalue weighted by Crippen LogP contribution is -2.36. The van der Waals surface area contributed by atoms with Crippen LogP contribution in [0.1, 0.15) is 47.5 Å². The van der Waals surface area contributed by atoms with Gasteiger partial charge in [0.05, 0.1) is 11.5 Å². The molecule has 8 heteroatoms. The summed E-state index contributed by atoms with van der Waals surface area (Å²) in [7, 11) is -3.06. The van der Waals surface area contributed by atoms with Gasteiger partial charge in [0.1, 0.15) is 5.69 Å². The van der Waals surface area contributed by atoms with Crippen LogP contribution in [-0.4, -0.2) is 48.8 Å². The summed E-state index contributed by atoms with van der Waals surface area (Å²) in [6.45, 7) is 3.86. The number of carbonyl (C=O) groups is 2. The van der Waals surface area contributed by atoms with Crippen LogP contribution in [0.15, 0.2) is 18.3 Å². The first-order valence-electron chi connectivity index (χ1n) is 7.59. The molecule has 2 N–H and O–H groups in total. The van der Waals surface area contributed by atoms with Gasteiger partial charge in [0.15, 0.2) is 9.84 Å². The van der Waals surface area contributed by atoms with Crippen LogP contribution in [0, 0.1) is 0 Å². The van der Waals surface area contributed by atoms with Crippen molar-refractivity contribution in [2.45, 2.75) is 38.8 Å². The summed E-state index contributed by atoms with van der Waals surface area (Å²) in [4.78, 5) is 28.2. The van der Waals surface area contributed by atoms with Crippen molar-refractivity contribution in [2.24, 2.45) is 0 Å². The predicted molar refractivity (Wildman–Crippen MR) is 86.0 cm³/mol. The van der Waals surface area contributed by atoms with Crippen molar-refractivity contribution in [1.82, 2.24) is 15.6 Å². The molecule has 2 rings (SSSR count). The largest absolute Gasteiger partial charge is 0.350 e. The highest BCUT2D eigenvalue weighted by atomic mass is 32.2. The number of nitrogens with zero attached hydrogens (tertiary/aromatic N) is 1. The second-order valence-electron chi connectivity index (χ2n) is 5.79. The van der Waals surface area contributed by atoms with Gasteiger partial charge in [0, 0.05) is 23.8 Å². The van der Waals surface area contributed by atoms with Crippen molar-refractivity contribution >= 4 is 21.7 Å². The Labute approximate surface area is 135 Å². The third kappa shape index (κ3) is 4.75. The molecule has 0 bridgehead atoms. The van der Waals surface area contributed by atoms with E-state index < -0.39 is 21.8 Å². The quantitative estimate of drug-likeness (QED) is 0.814. The smallest absolute Gasteiger partial charge is 0.270 e. The molecule has 2 heterocycles. The van der Waals surface area contributed by atoms with Crippen LogP contribution >= 0.6 is 0 Å². The first-order chi connectivity index (χ1) is 10.8. The van der Waals surface area contributed by atoms with Crippen LogP contribution in [0.5, 0.6) is 0 Å². The van der Waals surface area contributed by atoms with Gasteiger partial charge in [-0.25, -0.2) is 8.42 Å². The molecule has 1 saturated heterocycles. The average molecular weight is 339 g/mol. The van der Waals surface area contributed by atoms with Crippen molar-refractivity contribution in [1.29, 1.82) is 0 Å². The Bertz CT molecular complexity index is 702. The van der Waals surface area contributed by atoms with Crippen molar-refractivity contribution in [3.05, 3.63) is 29.6 Å². The summed E-state index contributed by atoms with van der Waals surface area (Å²) in [6.07, 6.45) is 2.61.